The van der Waals surface area contributed by atoms with Crippen LogP contribution in [0.25, 0.3) is 10.8 Å². The van der Waals surface area contributed by atoms with Gasteiger partial charge in [0.1, 0.15) is 12.1 Å². The monoisotopic (exact) mass is 369 g/mol. The molecule has 0 aliphatic carbocycles. The summed E-state index contributed by atoms with van der Waals surface area (Å²) in [6, 6.07) is 12.3. The van der Waals surface area contributed by atoms with E-state index in [1.807, 2.05) is 35.6 Å². The molecule has 1 fully saturated rings. The van der Waals surface area contributed by atoms with Crippen molar-refractivity contribution in [2.24, 2.45) is 0 Å². The summed E-state index contributed by atoms with van der Waals surface area (Å²) in [6.07, 6.45) is -0.925. The Hall–Kier alpha value is -3.42. The van der Waals surface area contributed by atoms with Crippen molar-refractivity contribution < 1.29 is 23.9 Å². The molecule has 1 atom stereocenters. The Kier molecular flexibility index (Phi) is 4.81. The summed E-state index contributed by atoms with van der Waals surface area (Å²) in [6.45, 7) is 2.71. The Morgan fingerprint density at radius 3 is 2.59 bits per heavy atom. The van der Waals surface area contributed by atoms with Crippen LogP contribution in [0.3, 0.4) is 0 Å². The smallest absolute Gasteiger partial charge is 0.413 e. The minimum absolute atomic E-state index is 0.0986. The zero-order valence-electron chi connectivity index (χ0n) is 14.9. The lowest BCUT2D eigenvalue weighted by Gasteiger charge is -2.24. The zero-order valence-corrected chi connectivity index (χ0v) is 14.9. The summed E-state index contributed by atoms with van der Waals surface area (Å²) in [5.74, 6) is -1.37. The summed E-state index contributed by atoms with van der Waals surface area (Å²) in [5.41, 5.74) is -0.686. The van der Waals surface area contributed by atoms with Crippen LogP contribution in [-0.4, -0.2) is 42.0 Å². The predicted molar refractivity (Wildman–Crippen MR) is 96.7 cm³/mol. The lowest BCUT2D eigenvalue weighted by molar-refractivity contribution is -0.134. The number of benzene rings is 2. The molecule has 1 aliphatic rings. The van der Waals surface area contributed by atoms with Gasteiger partial charge >= 0.3 is 12.1 Å². The minimum atomic E-state index is -1.32. The Bertz CT molecular complexity index is 937. The Morgan fingerprint density at radius 2 is 1.85 bits per heavy atom. The first-order valence-corrected chi connectivity index (χ1v) is 8.45. The van der Waals surface area contributed by atoms with Gasteiger partial charge in [0.2, 0.25) is 5.91 Å². The summed E-state index contributed by atoms with van der Waals surface area (Å²) >= 11 is 0. The highest BCUT2D eigenvalue weighted by Crippen LogP contribution is 2.33. The van der Waals surface area contributed by atoms with Crippen molar-refractivity contribution in [2.45, 2.75) is 19.4 Å². The maximum Gasteiger partial charge on any atom is 0.413 e. The molecule has 27 heavy (non-hydrogen) atoms. The van der Waals surface area contributed by atoms with Crippen molar-refractivity contribution in [2.75, 3.05) is 13.2 Å². The molecule has 1 aliphatic heterocycles. The molecule has 5 amide bonds. The number of hydrogen-bond donors (Lipinski definition) is 2. The number of amides is 5. The Balaban J connectivity index is 1.86. The number of alkyl carbamates (subject to hydrolysis) is 1. The van der Waals surface area contributed by atoms with Crippen LogP contribution in [0.5, 0.6) is 0 Å². The van der Waals surface area contributed by atoms with E-state index in [9.17, 15) is 19.2 Å². The van der Waals surface area contributed by atoms with E-state index < -0.39 is 36.0 Å². The van der Waals surface area contributed by atoms with Gasteiger partial charge in [0, 0.05) is 0 Å². The van der Waals surface area contributed by atoms with E-state index in [0.29, 0.717) is 5.56 Å². The van der Waals surface area contributed by atoms with Crippen LogP contribution < -0.4 is 10.6 Å². The first-order valence-electron chi connectivity index (χ1n) is 8.45. The van der Waals surface area contributed by atoms with Crippen molar-refractivity contribution in [3.8, 4) is 0 Å². The zero-order chi connectivity index (χ0) is 19.6. The van der Waals surface area contributed by atoms with Crippen LogP contribution in [0.15, 0.2) is 42.5 Å². The molecule has 8 nitrogen and oxygen atoms in total. The largest absolute Gasteiger partial charge is 0.450 e. The summed E-state index contributed by atoms with van der Waals surface area (Å²) in [5, 5.41) is 6.39. The van der Waals surface area contributed by atoms with Crippen LogP contribution >= 0.6 is 0 Å². The van der Waals surface area contributed by atoms with Gasteiger partial charge in [-0.2, -0.15) is 0 Å². The molecule has 0 unspecified atom stereocenters. The maximum absolute atomic E-state index is 13.0. The molecule has 2 N–H and O–H groups in total. The fourth-order valence-corrected chi connectivity index (χ4v) is 3.15. The molecule has 8 heteroatoms. The van der Waals surface area contributed by atoms with Gasteiger partial charge in [0.05, 0.1) is 6.61 Å². The van der Waals surface area contributed by atoms with Gasteiger partial charge in [0.15, 0.2) is 0 Å². The molecule has 0 aromatic heterocycles. The summed E-state index contributed by atoms with van der Waals surface area (Å²) in [4.78, 5) is 49.4. The van der Waals surface area contributed by atoms with Crippen molar-refractivity contribution in [3.05, 3.63) is 48.0 Å². The molecule has 1 heterocycles. The van der Waals surface area contributed by atoms with Gasteiger partial charge < -0.3 is 10.1 Å². The third kappa shape index (κ3) is 3.33. The fourth-order valence-electron chi connectivity index (χ4n) is 3.15. The van der Waals surface area contributed by atoms with Gasteiger partial charge in [-0.15, -0.1) is 0 Å². The molecule has 0 spiro atoms. The number of rotatable bonds is 4. The van der Waals surface area contributed by atoms with E-state index in [0.717, 1.165) is 15.7 Å². The number of fused-ring (bicyclic) bond motifs is 1. The van der Waals surface area contributed by atoms with Crippen LogP contribution in [0, 0.1) is 0 Å². The Morgan fingerprint density at radius 1 is 1.15 bits per heavy atom. The second-order valence-corrected chi connectivity index (χ2v) is 6.24. The molecule has 140 valence electrons. The second-order valence-electron chi connectivity index (χ2n) is 6.24. The van der Waals surface area contributed by atoms with E-state index in [1.165, 1.54) is 0 Å². The number of carbonyl (C=O) groups is 4. The first kappa shape index (κ1) is 18.4. The molecule has 2 aromatic carbocycles. The molecule has 0 radical (unpaired) electrons. The highest BCUT2D eigenvalue weighted by Gasteiger charge is 2.50. The molecular formula is C19H19N3O5. The van der Waals surface area contributed by atoms with E-state index in [4.69, 9.17) is 0 Å². The highest BCUT2D eigenvalue weighted by atomic mass is 16.5. The lowest BCUT2D eigenvalue weighted by atomic mass is 9.88. The van der Waals surface area contributed by atoms with Crippen LogP contribution in [-0.2, 0) is 19.9 Å². The van der Waals surface area contributed by atoms with Gasteiger partial charge in [-0.3, -0.25) is 19.8 Å². The van der Waals surface area contributed by atoms with E-state index in [-0.39, 0.29) is 6.61 Å². The summed E-state index contributed by atoms with van der Waals surface area (Å²) in [7, 11) is 0. The van der Waals surface area contributed by atoms with Crippen LogP contribution in [0.4, 0.5) is 9.59 Å². The standard InChI is InChI=1S/C19H19N3O5/c1-3-27-18(26)20-15(23)11-22-16(24)19(2,21-17(22)25)14-10-6-8-12-7-4-5-9-13(12)14/h4-10H,3,11H2,1-2H3,(H,21,25)(H,20,23,26)/t19-/m0/s1. The SMILES string of the molecule is CCOC(=O)NC(=O)CN1C(=O)N[C@@](C)(c2cccc3ccccc23)C1=O. The number of urea groups is 1. The topological polar surface area (TPSA) is 105 Å². The number of ether oxygens (including phenoxy) is 1. The maximum atomic E-state index is 13.0. The number of nitrogens with one attached hydrogen (secondary N) is 2. The third-order valence-corrected chi connectivity index (χ3v) is 4.42. The average Bonchev–Trinajstić information content (AvgIpc) is 2.85. The van der Waals surface area contributed by atoms with Gasteiger partial charge in [-0.25, -0.2) is 9.59 Å². The summed E-state index contributed by atoms with van der Waals surface area (Å²) < 4.78 is 4.61. The Labute approximate surface area is 155 Å². The fraction of sp³-hybridized carbons (Fsp3) is 0.263. The molecular weight excluding hydrogens is 350 g/mol. The van der Waals surface area contributed by atoms with Crippen molar-refractivity contribution in [1.82, 2.24) is 15.5 Å². The number of carbonyl (C=O) groups excluding carboxylic acids is 4. The van der Waals surface area contributed by atoms with Gasteiger partial charge in [-0.1, -0.05) is 42.5 Å². The number of nitrogens with zero attached hydrogens (tertiary/aromatic N) is 1. The van der Waals surface area contributed by atoms with Crippen molar-refractivity contribution in [3.63, 3.8) is 0 Å². The van der Waals surface area contributed by atoms with Crippen LogP contribution in [0.2, 0.25) is 0 Å². The van der Waals surface area contributed by atoms with Gasteiger partial charge in [-0.05, 0) is 30.2 Å². The minimum Gasteiger partial charge on any atom is -0.450 e. The number of imide groups is 2. The third-order valence-electron chi connectivity index (χ3n) is 4.42. The van der Waals surface area contributed by atoms with E-state index in [1.54, 1.807) is 26.0 Å². The highest BCUT2D eigenvalue weighted by molar-refractivity contribution is 6.11. The quantitative estimate of drug-likeness (QED) is 0.801. The van der Waals surface area contributed by atoms with Gasteiger partial charge in [0.25, 0.3) is 5.91 Å². The molecule has 2 aromatic rings. The van der Waals surface area contributed by atoms with Crippen molar-refractivity contribution >= 4 is 34.7 Å². The van der Waals surface area contributed by atoms with E-state index in [2.05, 4.69) is 10.1 Å². The normalized spacial score (nSPS) is 19.1. The molecule has 3 rings (SSSR count). The number of hydrogen-bond acceptors (Lipinski definition) is 5. The van der Waals surface area contributed by atoms with E-state index >= 15 is 0 Å². The lowest BCUT2D eigenvalue weighted by Crippen LogP contribution is -2.44. The predicted octanol–water partition coefficient (Wildman–Crippen LogP) is 1.88. The molecule has 1 saturated heterocycles. The first-order chi connectivity index (χ1) is 12.9. The molecule has 0 bridgehead atoms. The van der Waals surface area contributed by atoms with Crippen molar-refractivity contribution in [1.29, 1.82) is 0 Å². The average molecular weight is 369 g/mol. The molecule has 0 saturated carbocycles. The van der Waals surface area contributed by atoms with Crippen LogP contribution in [0.1, 0.15) is 19.4 Å². The second kappa shape index (κ2) is 7.06.